The highest BCUT2D eigenvalue weighted by molar-refractivity contribution is 5.84. The zero-order chi connectivity index (χ0) is 12.8. The first-order valence-electron chi connectivity index (χ1n) is 5.79. The summed E-state index contributed by atoms with van der Waals surface area (Å²) in [5, 5.41) is 5.85. The van der Waals surface area contributed by atoms with Crippen LogP contribution in [0.4, 0.5) is 10.1 Å². The molecule has 0 aliphatic rings. The molecule has 0 spiro atoms. The largest absolute Gasteiger partial charge is 0.374 e. The lowest BCUT2D eigenvalue weighted by atomic mass is 10.2. The quantitative estimate of drug-likeness (QED) is 0.827. The Bertz CT molecular complexity index is 362. The Kier molecular flexibility index (Phi) is 4.94. The minimum Gasteiger partial charge on any atom is -0.374 e. The lowest BCUT2D eigenvalue weighted by Crippen LogP contribution is -2.39. The third kappa shape index (κ3) is 4.85. The van der Waals surface area contributed by atoms with Crippen molar-refractivity contribution in [3.63, 3.8) is 0 Å². The highest BCUT2D eigenvalue weighted by atomic mass is 19.1. The van der Waals surface area contributed by atoms with E-state index >= 15 is 0 Å². The second-order valence-corrected chi connectivity index (χ2v) is 4.51. The van der Waals surface area contributed by atoms with E-state index in [2.05, 4.69) is 10.6 Å². The van der Waals surface area contributed by atoms with Crippen molar-refractivity contribution in [1.29, 1.82) is 0 Å². The number of hydrogen-bond acceptors (Lipinski definition) is 2. The highest BCUT2D eigenvalue weighted by Gasteiger charge is 2.12. The van der Waals surface area contributed by atoms with Crippen molar-refractivity contribution in [1.82, 2.24) is 5.32 Å². The zero-order valence-corrected chi connectivity index (χ0v) is 10.5. The molecule has 0 bridgehead atoms. The molecule has 17 heavy (non-hydrogen) atoms. The van der Waals surface area contributed by atoms with E-state index in [9.17, 15) is 9.18 Å². The van der Waals surface area contributed by atoms with Gasteiger partial charge < -0.3 is 10.6 Å². The molecule has 0 fully saturated rings. The number of amides is 1. The maximum Gasteiger partial charge on any atom is 0.242 e. The molecule has 1 aromatic rings. The number of nitrogens with one attached hydrogen (secondary N) is 2. The van der Waals surface area contributed by atoms with Crippen molar-refractivity contribution >= 4 is 11.6 Å². The Balaban J connectivity index is 2.45. The van der Waals surface area contributed by atoms with E-state index < -0.39 is 0 Å². The van der Waals surface area contributed by atoms with Gasteiger partial charge in [0.1, 0.15) is 11.9 Å². The second kappa shape index (κ2) is 6.23. The number of carbonyl (C=O) groups is 1. The van der Waals surface area contributed by atoms with E-state index in [0.717, 1.165) is 5.69 Å². The molecule has 4 heteroatoms. The monoisotopic (exact) mass is 238 g/mol. The minimum atomic E-state index is -0.334. The highest BCUT2D eigenvalue weighted by Crippen LogP contribution is 2.09. The summed E-state index contributed by atoms with van der Waals surface area (Å²) in [5.74, 6) is 0.0902. The maximum atomic E-state index is 12.7. The van der Waals surface area contributed by atoms with Crippen LogP contribution in [0.2, 0.25) is 0 Å². The molecular formula is C13H19FN2O. The van der Waals surface area contributed by atoms with Crippen molar-refractivity contribution in [2.24, 2.45) is 5.92 Å². The van der Waals surface area contributed by atoms with Gasteiger partial charge >= 0.3 is 0 Å². The lowest BCUT2D eigenvalue weighted by Gasteiger charge is -2.16. The van der Waals surface area contributed by atoms with E-state index in [1.165, 1.54) is 12.1 Å². The molecule has 3 nitrogen and oxygen atoms in total. The predicted octanol–water partition coefficient (Wildman–Crippen LogP) is 2.40. The number of carbonyl (C=O) groups excluding carboxylic acids is 1. The molecule has 1 atom stereocenters. The molecular weight excluding hydrogens is 219 g/mol. The number of benzene rings is 1. The summed E-state index contributed by atoms with van der Waals surface area (Å²) in [7, 11) is 0. The fourth-order valence-electron chi connectivity index (χ4n) is 1.32. The van der Waals surface area contributed by atoms with Gasteiger partial charge in [-0.15, -0.1) is 0 Å². The second-order valence-electron chi connectivity index (χ2n) is 4.51. The van der Waals surface area contributed by atoms with Crippen molar-refractivity contribution < 1.29 is 9.18 Å². The standard InChI is InChI=1S/C13H19FN2O/c1-9(2)8-15-13(17)10(3)16-12-6-4-11(14)5-7-12/h4-7,9-10,16H,8H2,1-3H3,(H,15,17). The summed E-state index contributed by atoms with van der Waals surface area (Å²) < 4.78 is 12.7. The van der Waals surface area contributed by atoms with Gasteiger partial charge in [-0.25, -0.2) is 4.39 Å². The van der Waals surface area contributed by atoms with Crippen molar-refractivity contribution in [3.8, 4) is 0 Å². The fourth-order valence-corrected chi connectivity index (χ4v) is 1.32. The van der Waals surface area contributed by atoms with Gasteiger partial charge in [0.15, 0.2) is 0 Å². The van der Waals surface area contributed by atoms with Gasteiger partial charge in [-0.2, -0.15) is 0 Å². The zero-order valence-electron chi connectivity index (χ0n) is 10.5. The normalized spacial score (nSPS) is 12.3. The van der Waals surface area contributed by atoms with Crippen LogP contribution in [0.5, 0.6) is 0 Å². The van der Waals surface area contributed by atoms with E-state index in [1.54, 1.807) is 19.1 Å². The summed E-state index contributed by atoms with van der Waals surface area (Å²) in [4.78, 5) is 11.7. The molecule has 0 aliphatic heterocycles. The van der Waals surface area contributed by atoms with Gasteiger partial charge in [0.2, 0.25) is 5.91 Å². The molecule has 0 saturated carbocycles. The predicted molar refractivity (Wildman–Crippen MR) is 67.3 cm³/mol. The van der Waals surface area contributed by atoms with Gasteiger partial charge in [-0.05, 0) is 37.1 Å². The van der Waals surface area contributed by atoms with E-state index in [-0.39, 0.29) is 17.8 Å². The van der Waals surface area contributed by atoms with E-state index in [4.69, 9.17) is 0 Å². The molecule has 0 heterocycles. The van der Waals surface area contributed by atoms with Crippen molar-refractivity contribution in [3.05, 3.63) is 30.1 Å². The first kappa shape index (κ1) is 13.5. The average Bonchev–Trinajstić information content (AvgIpc) is 2.28. The summed E-state index contributed by atoms with van der Waals surface area (Å²) in [6, 6.07) is 5.62. The van der Waals surface area contributed by atoms with Gasteiger partial charge in [0.25, 0.3) is 0 Å². The molecule has 0 saturated heterocycles. The Morgan fingerprint density at radius 3 is 2.35 bits per heavy atom. The molecule has 1 aromatic carbocycles. The summed E-state index contributed by atoms with van der Waals surface area (Å²) in [6.07, 6.45) is 0. The van der Waals surface area contributed by atoms with Gasteiger partial charge in [-0.1, -0.05) is 13.8 Å². The van der Waals surface area contributed by atoms with Crippen molar-refractivity contribution in [2.75, 3.05) is 11.9 Å². The Morgan fingerprint density at radius 1 is 1.24 bits per heavy atom. The van der Waals surface area contributed by atoms with Crippen LogP contribution in [0, 0.1) is 11.7 Å². The first-order valence-corrected chi connectivity index (χ1v) is 5.79. The van der Waals surface area contributed by atoms with Crippen LogP contribution >= 0.6 is 0 Å². The fraction of sp³-hybridized carbons (Fsp3) is 0.462. The van der Waals surface area contributed by atoms with Crippen LogP contribution in [0.1, 0.15) is 20.8 Å². The van der Waals surface area contributed by atoms with Crippen LogP contribution in [0.15, 0.2) is 24.3 Å². The van der Waals surface area contributed by atoms with Crippen LogP contribution in [-0.2, 0) is 4.79 Å². The first-order chi connectivity index (χ1) is 7.99. The molecule has 2 N–H and O–H groups in total. The SMILES string of the molecule is CC(C)CNC(=O)C(C)Nc1ccc(F)cc1. The van der Waals surface area contributed by atoms with E-state index in [0.29, 0.717) is 12.5 Å². The molecule has 0 radical (unpaired) electrons. The van der Waals surface area contributed by atoms with Gasteiger partial charge in [0, 0.05) is 12.2 Å². The maximum absolute atomic E-state index is 12.7. The molecule has 1 rings (SSSR count). The Labute approximate surface area is 101 Å². The van der Waals surface area contributed by atoms with Crippen LogP contribution in [-0.4, -0.2) is 18.5 Å². The molecule has 0 aromatic heterocycles. The third-order valence-electron chi connectivity index (χ3n) is 2.31. The summed E-state index contributed by atoms with van der Waals surface area (Å²) >= 11 is 0. The molecule has 94 valence electrons. The minimum absolute atomic E-state index is 0.0528. The Hall–Kier alpha value is -1.58. The number of rotatable bonds is 5. The van der Waals surface area contributed by atoms with Gasteiger partial charge in [0.05, 0.1) is 0 Å². The van der Waals surface area contributed by atoms with Crippen LogP contribution in [0.3, 0.4) is 0 Å². The molecule has 1 unspecified atom stereocenters. The van der Waals surface area contributed by atoms with Crippen LogP contribution in [0.25, 0.3) is 0 Å². The number of hydrogen-bond donors (Lipinski definition) is 2. The molecule has 1 amide bonds. The summed E-state index contributed by atoms with van der Waals surface area (Å²) in [6.45, 7) is 6.52. The van der Waals surface area contributed by atoms with Gasteiger partial charge in [-0.3, -0.25) is 4.79 Å². The van der Waals surface area contributed by atoms with Crippen LogP contribution < -0.4 is 10.6 Å². The third-order valence-corrected chi connectivity index (χ3v) is 2.31. The smallest absolute Gasteiger partial charge is 0.242 e. The lowest BCUT2D eigenvalue weighted by molar-refractivity contribution is -0.121. The van der Waals surface area contributed by atoms with E-state index in [1.807, 2.05) is 13.8 Å². The number of halogens is 1. The van der Waals surface area contributed by atoms with Crippen molar-refractivity contribution in [2.45, 2.75) is 26.8 Å². The topological polar surface area (TPSA) is 41.1 Å². The molecule has 0 aliphatic carbocycles. The average molecular weight is 238 g/mol. The number of anilines is 1. The summed E-state index contributed by atoms with van der Waals surface area (Å²) in [5.41, 5.74) is 0.735. The Morgan fingerprint density at radius 2 is 1.82 bits per heavy atom.